The zero-order chi connectivity index (χ0) is 24.4. The fourth-order valence-electron chi connectivity index (χ4n) is 3.32. The molecule has 0 saturated carbocycles. The van der Waals surface area contributed by atoms with Gasteiger partial charge in [0.05, 0.1) is 7.11 Å². The highest BCUT2D eigenvalue weighted by molar-refractivity contribution is 8.13. The predicted molar refractivity (Wildman–Crippen MR) is 135 cm³/mol. The van der Waals surface area contributed by atoms with Gasteiger partial charge in [0.2, 0.25) is 0 Å². The molecule has 2 rings (SSSR count). The minimum absolute atomic E-state index is 0.167. The largest absolute Gasteiger partial charge is 0.467 e. The smallest absolute Gasteiger partial charge is 0.368 e. The maximum atomic E-state index is 12.7. The van der Waals surface area contributed by atoms with Crippen LogP contribution in [0.5, 0.6) is 0 Å². The second-order valence-electron chi connectivity index (χ2n) is 8.84. The molecule has 1 aromatic rings. The zero-order valence-corrected chi connectivity index (χ0v) is 21.6. The SMILES string of the molecule is COC(=O)C(CCSC)NC(=O)c1cccc(NC[C@@H]2CC(SC(=O)OC(C)(C)C)CN2)c1. The number of methoxy groups -OCH3 is 1. The summed E-state index contributed by atoms with van der Waals surface area (Å²) in [6.07, 6.45) is 3.30. The van der Waals surface area contributed by atoms with Gasteiger partial charge in [-0.2, -0.15) is 11.8 Å². The van der Waals surface area contributed by atoms with Crippen LogP contribution < -0.4 is 16.0 Å². The number of esters is 1. The Morgan fingerprint density at radius 3 is 2.70 bits per heavy atom. The Bertz CT molecular complexity index is 816. The third-order valence-electron chi connectivity index (χ3n) is 4.91. The summed E-state index contributed by atoms with van der Waals surface area (Å²) in [4.78, 5) is 36.7. The van der Waals surface area contributed by atoms with Crippen LogP contribution in [0, 0.1) is 0 Å². The fraction of sp³-hybridized carbons (Fsp3) is 0.609. The van der Waals surface area contributed by atoms with Gasteiger partial charge in [-0.3, -0.25) is 4.79 Å². The molecule has 33 heavy (non-hydrogen) atoms. The molecular formula is C23H35N3O5S2. The molecule has 0 radical (unpaired) electrons. The van der Waals surface area contributed by atoms with Crippen LogP contribution in [0.4, 0.5) is 10.5 Å². The lowest BCUT2D eigenvalue weighted by atomic mass is 10.1. The van der Waals surface area contributed by atoms with Crippen LogP contribution >= 0.6 is 23.5 Å². The van der Waals surface area contributed by atoms with E-state index >= 15 is 0 Å². The first-order chi connectivity index (χ1) is 15.6. The van der Waals surface area contributed by atoms with Gasteiger partial charge in [-0.15, -0.1) is 0 Å². The molecule has 1 aliphatic rings. The van der Waals surface area contributed by atoms with Gasteiger partial charge in [-0.05, 0) is 75.6 Å². The van der Waals surface area contributed by atoms with Crippen molar-refractivity contribution in [2.45, 2.75) is 56.5 Å². The summed E-state index contributed by atoms with van der Waals surface area (Å²) in [6, 6.07) is 6.70. The van der Waals surface area contributed by atoms with Crippen molar-refractivity contribution in [1.82, 2.24) is 10.6 Å². The second-order valence-corrected chi connectivity index (χ2v) is 11.1. The molecule has 0 spiro atoms. The van der Waals surface area contributed by atoms with E-state index in [4.69, 9.17) is 9.47 Å². The standard InChI is InChI=1S/C23H35N3O5S2/c1-23(2,3)31-22(29)33-18-12-17(25-14-18)13-24-16-8-6-7-15(11-16)20(27)26-19(9-10-32-5)21(28)30-4/h6-8,11,17-19,24-25H,9-10,12-14H2,1-5H3,(H,26,27)/t17-,18?,19?/m0/s1. The average molecular weight is 498 g/mol. The topological polar surface area (TPSA) is 106 Å². The second kappa shape index (κ2) is 13.1. The minimum atomic E-state index is -0.673. The number of rotatable bonds is 10. The highest BCUT2D eigenvalue weighted by Gasteiger charge is 2.28. The summed E-state index contributed by atoms with van der Waals surface area (Å²) in [7, 11) is 1.32. The first-order valence-corrected chi connectivity index (χ1v) is 13.2. The quantitative estimate of drug-likeness (QED) is 0.419. The van der Waals surface area contributed by atoms with Crippen molar-refractivity contribution >= 4 is 46.4 Å². The number of anilines is 1. The Balaban J connectivity index is 1.85. The van der Waals surface area contributed by atoms with Crippen LogP contribution in [0.3, 0.4) is 0 Å². The number of benzene rings is 1. The molecule has 184 valence electrons. The summed E-state index contributed by atoms with van der Waals surface area (Å²) in [5.41, 5.74) is 0.794. The van der Waals surface area contributed by atoms with Crippen LogP contribution in [-0.4, -0.2) is 72.3 Å². The molecule has 0 bridgehead atoms. The molecule has 1 aromatic carbocycles. The van der Waals surface area contributed by atoms with Crippen molar-refractivity contribution in [3.63, 3.8) is 0 Å². The molecule has 8 nitrogen and oxygen atoms in total. The molecule has 3 N–H and O–H groups in total. The molecule has 1 amide bonds. The normalized spacial score (nSPS) is 18.9. The van der Waals surface area contributed by atoms with E-state index in [9.17, 15) is 14.4 Å². The molecule has 3 atom stereocenters. The average Bonchev–Trinajstić information content (AvgIpc) is 3.20. The molecule has 0 aromatic heterocycles. The van der Waals surface area contributed by atoms with Crippen LogP contribution in [0.15, 0.2) is 24.3 Å². The van der Waals surface area contributed by atoms with E-state index in [2.05, 4.69) is 16.0 Å². The van der Waals surface area contributed by atoms with Crippen LogP contribution in [0.1, 0.15) is 44.0 Å². The number of carbonyl (C=O) groups is 3. The third kappa shape index (κ3) is 9.85. The molecule has 1 fully saturated rings. The van der Waals surface area contributed by atoms with Crippen molar-refractivity contribution < 1.29 is 23.9 Å². The number of ether oxygens (including phenoxy) is 2. The zero-order valence-electron chi connectivity index (χ0n) is 19.9. The van der Waals surface area contributed by atoms with Crippen molar-refractivity contribution in [1.29, 1.82) is 0 Å². The van der Waals surface area contributed by atoms with Gasteiger partial charge < -0.3 is 25.4 Å². The van der Waals surface area contributed by atoms with E-state index in [0.29, 0.717) is 18.5 Å². The fourth-order valence-corrected chi connectivity index (χ4v) is 4.87. The van der Waals surface area contributed by atoms with Gasteiger partial charge in [0.15, 0.2) is 0 Å². The van der Waals surface area contributed by atoms with Gasteiger partial charge >= 0.3 is 11.3 Å². The molecule has 0 aliphatic carbocycles. The summed E-state index contributed by atoms with van der Waals surface area (Å²) in [5.74, 6) is -0.0239. The van der Waals surface area contributed by atoms with Gasteiger partial charge in [-0.1, -0.05) is 6.07 Å². The maximum absolute atomic E-state index is 12.7. The minimum Gasteiger partial charge on any atom is -0.467 e. The summed E-state index contributed by atoms with van der Waals surface area (Å²) < 4.78 is 10.2. The van der Waals surface area contributed by atoms with E-state index in [1.807, 2.05) is 33.1 Å². The number of hydrogen-bond donors (Lipinski definition) is 3. The van der Waals surface area contributed by atoms with Crippen LogP contribution in [0.25, 0.3) is 0 Å². The van der Waals surface area contributed by atoms with Gasteiger partial charge in [-0.25, -0.2) is 9.59 Å². The van der Waals surface area contributed by atoms with Crippen molar-refractivity contribution in [3.8, 4) is 0 Å². The molecule has 2 unspecified atom stereocenters. The Hall–Kier alpha value is -1.91. The first-order valence-electron chi connectivity index (χ1n) is 11.0. The first kappa shape index (κ1) is 27.3. The van der Waals surface area contributed by atoms with Gasteiger partial charge in [0.1, 0.15) is 11.6 Å². The van der Waals surface area contributed by atoms with Gasteiger partial charge in [0.25, 0.3) is 5.91 Å². The third-order valence-corrected chi connectivity index (χ3v) is 6.53. The van der Waals surface area contributed by atoms with E-state index in [1.165, 1.54) is 18.9 Å². The number of nitrogens with one attached hydrogen (secondary N) is 3. The Kier molecular flexibility index (Phi) is 10.9. The van der Waals surface area contributed by atoms with Gasteiger partial charge in [0, 0.05) is 35.6 Å². The molecule has 1 aliphatic heterocycles. The van der Waals surface area contributed by atoms with Crippen LogP contribution in [0.2, 0.25) is 0 Å². The summed E-state index contributed by atoms with van der Waals surface area (Å²) >= 11 is 2.84. The van der Waals surface area contributed by atoms with E-state index < -0.39 is 17.6 Å². The van der Waals surface area contributed by atoms with Crippen LogP contribution in [-0.2, 0) is 14.3 Å². The van der Waals surface area contributed by atoms with Crippen molar-refractivity contribution in [2.75, 3.05) is 37.5 Å². The summed E-state index contributed by atoms with van der Waals surface area (Å²) in [5, 5.41) is 9.47. The van der Waals surface area contributed by atoms with E-state index in [0.717, 1.165) is 24.4 Å². The number of amides is 1. The lowest BCUT2D eigenvalue weighted by Crippen LogP contribution is -2.42. The molecule has 10 heteroatoms. The molecule has 1 heterocycles. The lowest BCUT2D eigenvalue weighted by molar-refractivity contribution is -0.142. The molecule has 1 saturated heterocycles. The maximum Gasteiger partial charge on any atom is 0.368 e. The van der Waals surface area contributed by atoms with E-state index in [-0.39, 0.29) is 22.5 Å². The number of carbonyl (C=O) groups excluding carboxylic acids is 3. The lowest BCUT2D eigenvalue weighted by Gasteiger charge is -2.20. The predicted octanol–water partition coefficient (Wildman–Crippen LogP) is 3.52. The van der Waals surface area contributed by atoms with Crippen molar-refractivity contribution in [2.24, 2.45) is 0 Å². The highest BCUT2D eigenvalue weighted by Crippen LogP contribution is 2.25. The Labute approximate surface area is 204 Å². The van der Waals surface area contributed by atoms with E-state index in [1.54, 1.807) is 30.0 Å². The number of hydrogen-bond acceptors (Lipinski definition) is 9. The Morgan fingerprint density at radius 2 is 2.03 bits per heavy atom. The number of thioether (sulfide) groups is 2. The Morgan fingerprint density at radius 1 is 1.27 bits per heavy atom. The summed E-state index contributed by atoms with van der Waals surface area (Å²) in [6.45, 7) is 6.98. The monoisotopic (exact) mass is 497 g/mol. The highest BCUT2D eigenvalue weighted by atomic mass is 32.2. The molecular weight excluding hydrogens is 462 g/mol. The van der Waals surface area contributed by atoms with Crippen molar-refractivity contribution in [3.05, 3.63) is 29.8 Å².